The van der Waals surface area contributed by atoms with Crippen LogP contribution in [-0.2, 0) is 4.79 Å². The molecule has 0 bridgehead atoms. The predicted molar refractivity (Wildman–Crippen MR) is 82.9 cm³/mol. The summed E-state index contributed by atoms with van der Waals surface area (Å²) < 4.78 is 39.7. The van der Waals surface area contributed by atoms with Gasteiger partial charge in [-0.3, -0.25) is 4.79 Å². The van der Waals surface area contributed by atoms with Gasteiger partial charge in [-0.1, -0.05) is 11.6 Å². The van der Waals surface area contributed by atoms with Crippen molar-refractivity contribution in [3.8, 4) is 23.3 Å². The molecule has 128 valence electrons. The Morgan fingerprint density at radius 1 is 1.24 bits per heavy atom. The summed E-state index contributed by atoms with van der Waals surface area (Å²) in [5, 5.41) is 11.4. The molecule has 0 unspecified atom stereocenters. The van der Waals surface area contributed by atoms with Gasteiger partial charge in [-0.2, -0.15) is 5.26 Å². The monoisotopic (exact) mass is 366 g/mol. The molecule has 0 aromatic heterocycles. The van der Waals surface area contributed by atoms with Crippen molar-refractivity contribution in [2.45, 2.75) is 6.29 Å². The molecule has 0 spiro atoms. The summed E-state index contributed by atoms with van der Waals surface area (Å²) in [5.74, 6) is -0.602. The Kier molecular flexibility index (Phi) is 4.33. The Hall–Kier alpha value is -3.05. The fourth-order valence-corrected chi connectivity index (χ4v) is 2.29. The van der Waals surface area contributed by atoms with Crippen molar-refractivity contribution in [3.63, 3.8) is 0 Å². The Morgan fingerprint density at radius 2 is 2.00 bits per heavy atom. The van der Waals surface area contributed by atoms with Gasteiger partial charge in [-0.25, -0.2) is 0 Å². The topological polar surface area (TPSA) is 80.6 Å². The van der Waals surface area contributed by atoms with E-state index in [0.717, 1.165) is 0 Å². The molecule has 0 atom stereocenters. The summed E-state index contributed by atoms with van der Waals surface area (Å²) in [7, 11) is 0. The Morgan fingerprint density at radius 3 is 2.72 bits per heavy atom. The van der Waals surface area contributed by atoms with Crippen molar-refractivity contribution in [1.82, 2.24) is 0 Å². The lowest BCUT2D eigenvalue weighted by molar-refractivity contribution is -0.286. The summed E-state index contributed by atoms with van der Waals surface area (Å²) in [6, 6.07) is 10.2. The molecule has 1 N–H and O–H groups in total. The number of benzene rings is 2. The fraction of sp³-hybridized carbons (Fsp3) is 0.125. The normalized spacial score (nSPS) is 13.8. The van der Waals surface area contributed by atoms with Gasteiger partial charge in [0.1, 0.15) is 5.75 Å². The molecule has 3 rings (SSSR count). The highest BCUT2D eigenvalue weighted by molar-refractivity contribution is 6.32. The average Bonchev–Trinajstić information content (AvgIpc) is 2.86. The lowest BCUT2D eigenvalue weighted by atomic mass is 10.2. The van der Waals surface area contributed by atoms with Gasteiger partial charge in [0.2, 0.25) is 0 Å². The van der Waals surface area contributed by atoms with Crippen LogP contribution in [0.15, 0.2) is 36.4 Å². The third kappa shape index (κ3) is 3.89. The van der Waals surface area contributed by atoms with E-state index >= 15 is 0 Å². The second-order valence-corrected chi connectivity index (χ2v) is 5.33. The predicted octanol–water partition coefficient (Wildman–Crippen LogP) is 3.55. The van der Waals surface area contributed by atoms with E-state index in [2.05, 4.69) is 14.8 Å². The number of carbonyl (C=O) groups excluding carboxylic acids is 1. The van der Waals surface area contributed by atoms with Crippen molar-refractivity contribution in [3.05, 3.63) is 47.0 Å². The SMILES string of the molecule is N#Cc1ccc(OCC(=O)Nc2ccc3c(c2)OC(F)(F)O3)c(Cl)c1. The van der Waals surface area contributed by atoms with Crippen LogP contribution >= 0.6 is 11.6 Å². The molecule has 6 nitrogen and oxygen atoms in total. The Balaban J connectivity index is 1.60. The second-order valence-electron chi connectivity index (χ2n) is 4.92. The van der Waals surface area contributed by atoms with E-state index in [1.54, 1.807) is 0 Å². The van der Waals surface area contributed by atoms with E-state index in [0.29, 0.717) is 5.56 Å². The van der Waals surface area contributed by atoms with Gasteiger partial charge >= 0.3 is 6.29 Å². The van der Waals surface area contributed by atoms with Crippen LogP contribution in [0.4, 0.5) is 14.5 Å². The number of ether oxygens (including phenoxy) is 3. The smallest absolute Gasteiger partial charge is 0.482 e. The number of nitrogens with one attached hydrogen (secondary N) is 1. The zero-order valence-corrected chi connectivity index (χ0v) is 13.1. The minimum atomic E-state index is -3.72. The van der Waals surface area contributed by atoms with E-state index in [1.807, 2.05) is 6.07 Å². The number of nitriles is 1. The first-order valence-electron chi connectivity index (χ1n) is 6.88. The summed E-state index contributed by atoms with van der Waals surface area (Å²) in [6.45, 7) is -0.365. The van der Waals surface area contributed by atoms with E-state index in [-0.39, 0.29) is 34.6 Å². The van der Waals surface area contributed by atoms with Crippen molar-refractivity contribution in [1.29, 1.82) is 5.26 Å². The van der Waals surface area contributed by atoms with Crippen LogP contribution in [0.2, 0.25) is 5.02 Å². The number of rotatable bonds is 4. The fourth-order valence-electron chi connectivity index (χ4n) is 2.05. The molecule has 1 aliphatic heterocycles. The molecule has 0 saturated carbocycles. The number of alkyl halides is 2. The largest absolute Gasteiger partial charge is 0.586 e. The Bertz CT molecular complexity index is 883. The summed E-state index contributed by atoms with van der Waals surface area (Å²) >= 11 is 5.93. The number of halogens is 3. The van der Waals surface area contributed by atoms with Crippen molar-refractivity contribution < 1.29 is 27.8 Å². The first-order chi connectivity index (χ1) is 11.9. The highest BCUT2D eigenvalue weighted by Gasteiger charge is 2.43. The first kappa shape index (κ1) is 16.8. The van der Waals surface area contributed by atoms with Crippen LogP contribution in [0.3, 0.4) is 0 Å². The van der Waals surface area contributed by atoms with Gasteiger partial charge in [0.15, 0.2) is 18.1 Å². The number of amides is 1. The number of carbonyl (C=O) groups is 1. The standard InChI is InChI=1S/C16H9ClF2N2O4/c17-11-5-9(7-20)1-3-12(11)23-8-15(22)21-10-2-4-13-14(6-10)25-16(18,19)24-13/h1-6H,8H2,(H,21,22). The molecule has 1 aliphatic rings. The third-order valence-electron chi connectivity index (χ3n) is 3.10. The number of hydrogen-bond acceptors (Lipinski definition) is 5. The molecule has 0 fully saturated rings. The van der Waals surface area contributed by atoms with Crippen LogP contribution in [-0.4, -0.2) is 18.8 Å². The van der Waals surface area contributed by atoms with Gasteiger partial charge < -0.3 is 19.5 Å². The maximum absolute atomic E-state index is 12.9. The Labute approximate surface area is 145 Å². The first-order valence-corrected chi connectivity index (χ1v) is 7.26. The zero-order chi connectivity index (χ0) is 18.0. The molecule has 0 radical (unpaired) electrons. The van der Waals surface area contributed by atoms with E-state index in [4.69, 9.17) is 21.6 Å². The van der Waals surface area contributed by atoms with Gasteiger partial charge in [0.25, 0.3) is 5.91 Å². The second kappa shape index (κ2) is 6.45. The van der Waals surface area contributed by atoms with E-state index < -0.39 is 12.2 Å². The van der Waals surface area contributed by atoms with Crippen molar-refractivity contribution in [2.24, 2.45) is 0 Å². The van der Waals surface area contributed by atoms with Gasteiger partial charge in [-0.05, 0) is 30.3 Å². The highest BCUT2D eigenvalue weighted by Crippen LogP contribution is 2.42. The van der Waals surface area contributed by atoms with Crippen LogP contribution in [0.5, 0.6) is 17.2 Å². The van der Waals surface area contributed by atoms with Gasteiger partial charge in [0.05, 0.1) is 16.7 Å². The van der Waals surface area contributed by atoms with Gasteiger partial charge in [-0.15, -0.1) is 8.78 Å². The maximum Gasteiger partial charge on any atom is 0.586 e. The van der Waals surface area contributed by atoms with E-state index in [1.165, 1.54) is 36.4 Å². The zero-order valence-electron chi connectivity index (χ0n) is 12.4. The molecular weight excluding hydrogens is 358 g/mol. The maximum atomic E-state index is 12.9. The lowest BCUT2D eigenvalue weighted by Crippen LogP contribution is -2.25. The molecule has 2 aromatic rings. The molecular formula is C16H9ClF2N2O4. The number of nitrogens with zero attached hydrogens (tertiary/aromatic N) is 1. The number of anilines is 1. The van der Waals surface area contributed by atoms with Crippen molar-refractivity contribution in [2.75, 3.05) is 11.9 Å². The minimum absolute atomic E-state index is 0.122. The minimum Gasteiger partial charge on any atom is -0.482 e. The average molecular weight is 367 g/mol. The molecule has 25 heavy (non-hydrogen) atoms. The quantitative estimate of drug-likeness (QED) is 0.895. The van der Waals surface area contributed by atoms with Crippen molar-refractivity contribution >= 4 is 23.2 Å². The highest BCUT2D eigenvalue weighted by atomic mass is 35.5. The molecule has 0 aliphatic carbocycles. The van der Waals surface area contributed by atoms with Crippen LogP contribution in [0.1, 0.15) is 5.56 Å². The third-order valence-corrected chi connectivity index (χ3v) is 3.40. The molecule has 9 heteroatoms. The van der Waals surface area contributed by atoms with Crippen LogP contribution in [0, 0.1) is 11.3 Å². The number of hydrogen-bond donors (Lipinski definition) is 1. The molecule has 0 saturated heterocycles. The van der Waals surface area contributed by atoms with Crippen LogP contribution in [0.25, 0.3) is 0 Å². The van der Waals surface area contributed by atoms with E-state index in [9.17, 15) is 13.6 Å². The van der Waals surface area contributed by atoms with Crippen LogP contribution < -0.4 is 19.5 Å². The van der Waals surface area contributed by atoms with Gasteiger partial charge in [0, 0.05) is 11.8 Å². The summed E-state index contributed by atoms with van der Waals surface area (Å²) in [4.78, 5) is 11.9. The lowest BCUT2D eigenvalue weighted by Gasteiger charge is -2.09. The molecule has 1 amide bonds. The molecule has 2 aromatic carbocycles. The number of fused-ring (bicyclic) bond motifs is 1. The molecule has 1 heterocycles. The summed E-state index contributed by atoms with van der Waals surface area (Å²) in [6.07, 6.45) is -3.72. The summed E-state index contributed by atoms with van der Waals surface area (Å²) in [5.41, 5.74) is 0.596.